The van der Waals surface area contributed by atoms with Crippen molar-refractivity contribution in [1.82, 2.24) is 10.1 Å². The third kappa shape index (κ3) is 3.81. The van der Waals surface area contributed by atoms with E-state index in [4.69, 9.17) is 14.0 Å². The normalized spacial score (nSPS) is 14.0. The van der Waals surface area contributed by atoms with Gasteiger partial charge in [-0.05, 0) is 43.2 Å². The highest BCUT2D eigenvalue weighted by atomic mass is 16.5. The number of aromatic nitrogens is 2. The van der Waals surface area contributed by atoms with E-state index < -0.39 is 0 Å². The van der Waals surface area contributed by atoms with E-state index in [1.54, 1.807) is 49.6 Å². The fraction of sp³-hybridized carbons (Fsp3) is 0.318. The summed E-state index contributed by atoms with van der Waals surface area (Å²) < 4.78 is 16.2. The molecule has 3 aromatic rings. The number of benzene rings is 1. The van der Waals surface area contributed by atoms with Crippen LogP contribution in [0.1, 0.15) is 36.2 Å². The minimum Gasteiger partial charge on any atom is -0.497 e. The Hall–Kier alpha value is -3.35. The molecular formula is C22H23N3O4. The molecule has 0 radical (unpaired) electrons. The Balaban J connectivity index is 1.68. The van der Waals surface area contributed by atoms with Crippen LogP contribution in [-0.4, -0.2) is 36.3 Å². The monoisotopic (exact) mass is 393 g/mol. The fourth-order valence-corrected chi connectivity index (χ4v) is 3.75. The quantitative estimate of drug-likeness (QED) is 0.620. The Morgan fingerprint density at radius 1 is 1.10 bits per heavy atom. The number of carbonyl (C=O) groups is 1. The van der Waals surface area contributed by atoms with E-state index in [0.29, 0.717) is 28.6 Å². The number of hydrogen-bond donors (Lipinski definition) is 0. The number of carbonyl (C=O) groups excluding carboxylic acids is 1. The molecule has 1 amide bonds. The third-order valence-corrected chi connectivity index (χ3v) is 5.21. The topological polar surface area (TPSA) is 77.7 Å². The van der Waals surface area contributed by atoms with E-state index in [0.717, 1.165) is 25.7 Å². The second-order valence-corrected chi connectivity index (χ2v) is 6.94. The van der Waals surface area contributed by atoms with Gasteiger partial charge in [0.2, 0.25) is 0 Å². The largest absolute Gasteiger partial charge is 0.497 e. The molecule has 1 fully saturated rings. The molecule has 7 heteroatoms. The molecule has 0 atom stereocenters. The van der Waals surface area contributed by atoms with Crippen LogP contribution in [0.25, 0.3) is 11.3 Å². The first-order chi connectivity index (χ1) is 14.2. The Bertz CT molecular complexity index is 981. The Morgan fingerprint density at radius 2 is 1.93 bits per heavy atom. The number of rotatable bonds is 6. The second-order valence-electron chi connectivity index (χ2n) is 6.94. The molecule has 2 aromatic heterocycles. The van der Waals surface area contributed by atoms with Gasteiger partial charge in [-0.3, -0.25) is 9.69 Å². The fourth-order valence-electron chi connectivity index (χ4n) is 3.75. The molecule has 0 aliphatic heterocycles. The maximum absolute atomic E-state index is 13.4. The summed E-state index contributed by atoms with van der Waals surface area (Å²) in [5.41, 5.74) is 0.908. The van der Waals surface area contributed by atoms with E-state index in [-0.39, 0.29) is 17.6 Å². The third-order valence-electron chi connectivity index (χ3n) is 5.21. The van der Waals surface area contributed by atoms with Gasteiger partial charge in [-0.15, -0.1) is 0 Å². The van der Waals surface area contributed by atoms with E-state index in [2.05, 4.69) is 10.1 Å². The van der Waals surface area contributed by atoms with Crippen molar-refractivity contribution in [2.24, 2.45) is 0 Å². The molecule has 0 bridgehead atoms. The van der Waals surface area contributed by atoms with Crippen LogP contribution in [0.3, 0.4) is 0 Å². The van der Waals surface area contributed by atoms with E-state index in [1.165, 1.54) is 0 Å². The summed E-state index contributed by atoms with van der Waals surface area (Å²) in [5, 5.41) is 4.05. The molecule has 0 unspecified atom stereocenters. The van der Waals surface area contributed by atoms with Crippen LogP contribution in [0, 0.1) is 0 Å². The lowest BCUT2D eigenvalue weighted by molar-refractivity contribution is 0.0967. The Labute approximate surface area is 169 Å². The van der Waals surface area contributed by atoms with Crippen LogP contribution in [0.15, 0.2) is 53.2 Å². The predicted molar refractivity (Wildman–Crippen MR) is 108 cm³/mol. The van der Waals surface area contributed by atoms with Crippen LogP contribution >= 0.6 is 0 Å². The first-order valence-electron chi connectivity index (χ1n) is 9.65. The van der Waals surface area contributed by atoms with Crippen LogP contribution < -0.4 is 14.4 Å². The van der Waals surface area contributed by atoms with Crippen LogP contribution in [0.5, 0.6) is 11.5 Å². The van der Waals surface area contributed by atoms with Gasteiger partial charge in [-0.25, -0.2) is 4.98 Å². The van der Waals surface area contributed by atoms with Gasteiger partial charge in [0.05, 0.1) is 19.8 Å². The smallest absolute Gasteiger partial charge is 0.281 e. The molecule has 1 aliphatic carbocycles. The van der Waals surface area contributed by atoms with Crippen molar-refractivity contribution in [3.8, 4) is 22.8 Å². The summed E-state index contributed by atoms with van der Waals surface area (Å²) in [4.78, 5) is 19.5. The minimum absolute atomic E-state index is 0.115. The van der Waals surface area contributed by atoms with Gasteiger partial charge >= 0.3 is 0 Å². The molecule has 7 nitrogen and oxygen atoms in total. The molecule has 1 aromatic carbocycles. The van der Waals surface area contributed by atoms with E-state index in [9.17, 15) is 4.79 Å². The summed E-state index contributed by atoms with van der Waals surface area (Å²) in [6.45, 7) is 0. The zero-order valence-corrected chi connectivity index (χ0v) is 16.5. The first-order valence-corrected chi connectivity index (χ1v) is 9.65. The average molecular weight is 393 g/mol. The highest BCUT2D eigenvalue weighted by Gasteiger charge is 2.31. The SMILES string of the molecule is COc1ccc(OC)c(-c2cc(C(=O)N(c3ccccn3)C3CCCC3)no2)c1. The summed E-state index contributed by atoms with van der Waals surface area (Å²) in [6, 6.07) is 12.7. The molecule has 150 valence electrons. The van der Waals surface area contributed by atoms with Crippen molar-refractivity contribution in [3.63, 3.8) is 0 Å². The van der Waals surface area contributed by atoms with Gasteiger partial charge in [0, 0.05) is 18.3 Å². The van der Waals surface area contributed by atoms with Crippen molar-refractivity contribution in [2.75, 3.05) is 19.1 Å². The van der Waals surface area contributed by atoms with E-state index in [1.807, 2.05) is 18.2 Å². The van der Waals surface area contributed by atoms with Crippen molar-refractivity contribution in [2.45, 2.75) is 31.7 Å². The van der Waals surface area contributed by atoms with Gasteiger partial charge < -0.3 is 14.0 Å². The van der Waals surface area contributed by atoms with Gasteiger partial charge in [0.15, 0.2) is 11.5 Å². The number of methoxy groups -OCH3 is 2. The molecular weight excluding hydrogens is 370 g/mol. The molecule has 1 saturated carbocycles. The minimum atomic E-state index is -0.215. The molecule has 0 saturated heterocycles. The number of hydrogen-bond acceptors (Lipinski definition) is 6. The first kappa shape index (κ1) is 19.0. The van der Waals surface area contributed by atoms with Crippen LogP contribution in [-0.2, 0) is 0 Å². The summed E-state index contributed by atoms with van der Waals surface area (Å²) >= 11 is 0. The maximum atomic E-state index is 13.4. The number of amides is 1. The summed E-state index contributed by atoms with van der Waals surface area (Å²) in [5.74, 6) is 2.13. The number of pyridine rings is 1. The highest BCUT2D eigenvalue weighted by molar-refractivity contribution is 6.05. The number of anilines is 1. The number of nitrogens with zero attached hydrogens (tertiary/aromatic N) is 3. The predicted octanol–water partition coefficient (Wildman–Crippen LogP) is 4.34. The standard InChI is InChI=1S/C22H23N3O4/c1-27-16-10-11-19(28-2)17(13-16)20-14-18(24-29-20)22(26)25(15-7-3-4-8-15)21-9-5-6-12-23-21/h5-6,9-15H,3-4,7-8H2,1-2H3. The van der Waals surface area contributed by atoms with Gasteiger partial charge in [0.25, 0.3) is 5.91 Å². The molecule has 0 N–H and O–H groups in total. The lowest BCUT2D eigenvalue weighted by Crippen LogP contribution is -2.39. The Morgan fingerprint density at radius 3 is 2.62 bits per heavy atom. The summed E-state index contributed by atoms with van der Waals surface area (Å²) in [6.07, 6.45) is 5.81. The average Bonchev–Trinajstić information content (AvgIpc) is 3.47. The van der Waals surface area contributed by atoms with Crippen LogP contribution in [0.4, 0.5) is 5.82 Å². The molecule has 29 heavy (non-hydrogen) atoms. The van der Waals surface area contributed by atoms with Crippen molar-refractivity contribution >= 4 is 11.7 Å². The zero-order chi connectivity index (χ0) is 20.2. The van der Waals surface area contributed by atoms with Crippen molar-refractivity contribution < 1.29 is 18.8 Å². The lowest BCUT2D eigenvalue weighted by atomic mass is 10.1. The second kappa shape index (κ2) is 8.34. The van der Waals surface area contributed by atoms with Gasteiger partial charge in [0.1, 0.15) is 17.3 Å². The van der Waals surface area contributed by atoms with Gasteiger partial charge in [-0.2, -0.15) is 0 Å². The maximum Gasteiger partial charge on any atom is 0.281 e. The number of ether oxygens (including phenoxy) is 2. The highest BCUT2D eigenvalue weighted by Crippen LogP contribution is 2.35. The molecule has 2 heterocycles. The van der Waals surface area contributed by atoms with Gasteiger partial charge in [-0.1, -0.05) is 24.1 Å². The van der Waals surface area contributed by atoms with Crippen molar-refractivity contribution in [1.29, 1.82) is 0 Å². The molecule has 0 spiro atoms. The zero-order valence-electron chi connectivity index (χ0n) is 16.5. The molecule has 1 aliphatic rings. The molecule has 4 rings (SSSR count). The summed E-state index contributed by atoms with van der Waals surface area (Å²) in [7, 11) is 3.17. The van der Waals surface area contributed by atoms with Crippen LogP contribution in [0.2, 0.25) is 0 Å². The van der Waals surface area contributed by atoms with E-state index >= 15 is 0 Å². The van der Waals surface area contributed by atoms with Crippen molar-refractivity contribution in [3.05, 3.63) is 54.4 Å². The lowest BCUT2D eigenvalue weighted by Gasteiger charge is -2.27. The Kier molecular flexibility index (Phi) is 5.46.